The van der Waals surface area contributed by atoms with E-state index < -0.39 is 0 Å². The molecule has 7 nitrogen and oxygen atoms in total. The van der Waals surface area contributed by atoms with Gasteiger partial charge in [-0.15, -0.1) is 0 Å². The van der Waals surface area contributed by atoms with Gasteiger partial charge in [0, 0.05) is 62.2 Å². The van der Waals surface area contributed by atoms with Crippen LogP contribution in [-0.2, 0) is 18.5 Å². The lowest BCUT2D eigenvalue weighted by Crippen LogP contribution is -2.47. The van der Waals surface area contributed by atoms with Crippen LogP contribution in [0.25, 0.3) is 0 Å². The van der Waals surface area contributed by atoms with E-state index in [1.54, 1.807) is 10.7 Å². The summed E-state index contributed by atoms with van der Waals surface area (Å²) in [6, 6.07) is 3.49. The molecule has 1 saturated carbocycles. The molecule has 0 aromatic carbocycles. The largest absolute Gasteiger partial charge is 0.361 e. The number of rotatable bonds is 6. The van der Waals surface area contributed by atoms with Gasteiger partial charge in [-0.1, -0.05) is 25.9 Å². The Morgan fingerprint density at radius 1 is 1.07 bits per heavy atom. The van der Waals surface area contributed by atoms with E-state index in [1.165, 1.54) is 18.4 Å². The van der Waals surface area contributed by atoms with Crippen LogP contribution in [0.5, 0.6) is 0 Å². The first kappa shape index (κ1) is 19.3. The van der Waals surface area contributed by atoms with Crippen LogP contribution in [-0.4, -0.2) is 57.5 Å². The highest BCUT2D eigenvalue weighted by Crippen LogP contribution is 2.41. The first-order valence-electron chi connectivity index (χ1n) is 10.4. The van der Waals surface area contributed by atoms with Crippen LogP contribution in [0.2, 0.25) is 0 Å². The quantitative estimate of drug-likeness (QED) is 0.760. The molecule has 0 spiro atoms. The summed E-state index contributed by atoms with van der Waals surface area (Å²) in [6.07, 6.45) is 4.36. The van der Waals surface area contributed by atoms with Gasteiger partial charge in [-0.2, -0.15) is 5.10 Å². The minimum absolute atomic E-state index is 0.0216. The fraction of sp³-hybridized carbons (Fsp3) is 0.667. The first-order valence-corrected chi connectivity index (χ1v) is 10.4. The van der Waals surface area contributed by atoms with Crippen molar-refractivity contribution in [3.63, 3.8) is 0 Å². The summed E-state index contributed by atoms with van der Waals surface area (Å²) in [7, 11) is 0. The van der Waals surface area contributed by atoms with Gasteiger partial charge in [0.2, 0.25) is 0 Å². The predicted molar refractivity (Wildman–Crippen MR) is 107 cm³/mol. The molecule has 3 heterocycles. The van der Waals surface area contributed by atoms with Crippen molar-refractivity contribution in [2.24, 2.45) is 0 Å². The van der Waals surface area contributed by atoms with Crippen molar-refractivity contribution in [3.8, 4) is 0 Å². The molecule has 0 unspecified atom stereocenters. The monoisotopic (exact) mass is 385 g/mol. The highest BCUT2D eigenvalue weighted by molar-refractivity contribution is 5.21. The molecule has 2 fully saturated rings. The van der Waals surface area contributed by atoms with Gasteiger partial charge >= 0.3 is 0 Å². The Kier molecular flexibility index (Phi) is 5.38. The van der Waals surface area contributed by atoms with Crippen molar-refractivity contribution >= 4 is 0 Å². The molecule has 1 aliphatic heterocycles. The summed E-state index contributed by atoms with van der Waals surface area (Å²) < 4.78 is 7.07. The van der Waals surface area contributed by atoms with Crippen LogP contribution in [0.3, 0.4) is 0 Å². The molecule has 1 saturated heterocycles. The summed E-state index contributed by atoms with van der Waals surface area (Å²) in [5, 5.41) is 8.58. The third kappa shape index (κ3) is 4.52. The molecule has 0 atom stereocenters. The second-order valence-corrected chi connectivity index (χ2v) is 9.14. The van der Waals surface area contributed by atoms with Crippen molar-refractivity contribution in [1.29, 1.82) is 0 Å². The minimum Gasteiger partial charge on any atom is -0.361 e. The van der Waals surface area contributed by atoms with E-state index in [4.69, 9.17) is 4.52 Å². The average Bonchev–Trinajstić information content (AvgIpc) is 3.40. The van der Waals surface area contributed by atoms with E-state index in [1.807, 2.05) is 12.3 Å². The summed E-state index contributed by atoms with van der Waals surface area (Å²) in [5.74, 6) is 1.71. The topological polar surface area (TPSA) is 67.4 Å². The van der Waals surface area contributed by atoms with Gasteiger partial charge in [0.1, 0.15) is 5.76 Å². The molecule has 2 aromatic rings. The van der Waals surface area contributed by atoms with Crippen molar-refractivity contribution < 1.29 is 4.52 Å². The molecule has 0 amide bonds. The zero-order chi connectivity index (χ0) is 19.7. The smallest absolute Gasteiger partial charge is 0.266 e. The van der Waals surface area contributed by atoms with Gasteiger partial charge in [0.05, 0.1) is 18.4 Å². The molecule has 1 aliphatic carbocycles. The van der Waals surface area contributed by atoms with Crippen LogP contribution in [0.15, 0.2) is 27.6 Å². The highest BCUT2D eigenvalue weighted by atomic mass is 16.5. The zero-order valence-electron chi connectivity index (χ0n) is 17.2. The summed E-state index contributed by atoms with van der Waals surface area (Å²) in [5.41, 5.74) is 2.14. The van der Waals surface area contributed by atoms with E-state index in [9.17, 15) is 4.79 Å². The number of aromatic nitrogens is 3. The first-order chi connectivity index (χ1) is 13.4. The molecule has 28 heavy (non-hydrogen) atoms. The van der Waals surface area contributed by atoms with Gasteiger partial charge in [-0.3, -0.25) is 14.6 Å². The summed E-state index contributed by atoms with van der Waals surface area (Å²) in [6.45, 7) is 12.9. The molecular formula is C21H31N5O2. The standard InChI is InChI=1S/C21H31N5O2/c1-21(2,3)18-6-7-19(27)26(23-18)13-12-24-8-10-25(11-9-24)15-17-14-22-28-20(17)16-4-5-16/h6-7,14,16H,4-5,8-13,15H2,1-3H3. The molecule has 4 rings (SSSR count). The molecule has 152 valence electrons. The van der Waals surface area contributed by atoms with Crippen molar-refractivity contribution in [2.75, 3.05) is 32.7 Å². The molecule has 0 bridgehead atoms. The second-order valence-electron chi connectivity index (χ2n) is 9.14. The number of nitrogens with zero attached hydrogens (tertiary/aromatic N) is 5. The van der Waals surface area contributed by atoms with Gasteiger partial charge in [0.25, 0.3) is 5.56 Å². The van der Waals surface area contributed by atoms with E-state index in [2.05, 4.69) is 40.8 Å². The third-order valence-electron chi connectivity index (χ3n) is 5.75. The fourth-order valence-electron chi connectivity index (χ4n) is 3.73. The average molecular weight is 386 g/mol. The Balaban J connectivity index is 1.28. The Morgan fingerprint density at radius 3 is 2.46 bits per heavy atom. The fourth-order valence-corrected chi connectivity index (χ4v) is 3.73. The molecule has 2 aliphatic rings. The Bertz CT molecular complexity index is 854. The third-order valence-corrected chi connectivity index (χ3v) is 5.75. The van der Waals surface area contributed by atoms with Gasteiger partial charge in [-0.25, -0.2) is 4.68 Å². The van der Waals surface area contributed by atoms with Gasteiger partial charge in [0.15, 0.2) is 0 Å². The normalized spacial score (nSPS) is 19.2. The number of hydrogen-bond acceptors (Lipinski definition) is 6. The highest BCUT2D eigenvalue weighted by Gasteiger charge is 2.31. The van der Waals surface area contributed by atoms with Crippen molar-refractivity contribution in [1.82, 2.24) is 24.7 Å². The van der Waals surface area contributed by atoms with Crippen molar-refractivity contribution in [3.05, 3.63) is 45.7 Å². The van der Waals surface area contributed by atoms with Crippen LogP contribution >= 0.6 is 0 Å². The van der Waals surface area contributed by atoms with Crippen LogP contribution in [0.4, 0.5) is 0 Å². The van der Waals surface area contributed by atoms with Crippen molar-refractivity contribution in [2.45, 2.75) is 58.0 Å². The zero-order valence-corrected chi connectivity index (χ0v) is 17.2. The second kappa shape index (κ2) is 7.79. The van der Waals surface area contributed by atoms with Crippen LogP contribution < -0.4 is 5.56 Å². The Morgan fingerprint density at radius 2 is 1.79 bits per heavy atom. The lowest BCUT2D eigenvalue weighted by Gasteiger charge is -2.34. The predicted octanol–water partition coefficient (Wildman–Crippen LogP) is 2.22. The minimum atomic E-state index is -0.0532. The molecule has 0 radical (unpaired) electrons. The Labute approximate surface area is 166 Å². The lowest BCUT2D eigenvalue weighted by molar-refractivity contribution is 0.122. The number of piperazine rings is 1. The van der Waals surface area contributed by atoms with E-state index in [-0.39, 0.29) is 11.0 Å². The van der Waals surface area contributed by atoms with E-state index >= 15 is 0 Å². The molecule has 2 aromatic heterocycles. The SMILES string of the molecule is CC(C)(C)c1ccc(=O)n(CCN2CCN(Cc3cnoc3C3CC3)CC2)n1. The van der Waals surface area contributed by atoms with Gasteiger partial charge < -0.3 is 4.52 Å². The van der Waals surface area contributed by atoms with E-state index in [0.29, 0.717) is 12.5 Å². The Hall–Kier alpha value is -1.99. The maximum Gasteiger partial charge on any atom is 0.266 e. The lowest BCUT2D eigenvalue weighted by atomic mass is 9.92. The van der Waals surface area contributed by atoms with Crippen LogP contribution in [0.1, 0.15) is 56.5 Å². The van der Waals surface area contributed by atoms with Crippen LogP contribution in [0, 0.1) is 0 Å². The number of hydrogen-bond donors (Lipinski definition) is 0. The molecule has 0 N–H and O–H groups in total. The summed E-state index contributed by atoms with van der Waals surface area (Å²) >= 11 is 0. The summed E-state index contributed by atoms with van der Waals surface area (Å²) in [4.78, 5) is 17.0. The molecule has 7 heteroatoms. The maximum absolute atomic E-state index is 12.2. The van der Waals surface area contributed by atoms with E-state index in [0.717, 1.165) is 50.7 Å². The maximum atomic E-state index is 12.2. The molecular weight excluding hydrogens is 354 g/mol. The van der Waals surface area contributed by atoms with Gasteiger partial charge in [-0.05, 0) is 18.9 Å².